The van der Waals surface area contributed by atoms with Gasteiger partial charge in [0.1, 0.15) is 5.78 Å². The van der Waals surface area contributed by atoms with Crippen LogP contribution in [0.5, 0.6) is 0 Å². The lowest BCUT2D eigenvalue weighted by Crippen LogP contribution is -2.21. The van der Waals surface area contributed by atoms with Crippen LogP contribution in [0.2, 0.25) is 0 Å². The predicted octanol–water partition coefficient (Wildman–Crippen LogP) is -0.515. The Hall–Kier alpha value is 0.0700. The fourth-order valence-electron chi connectivity index (χ4n) is 0.431. The Labute approximate surface area is 59.3 Å². The molecule has 10 heavy (non-hydrogen) atoms. The molecule has 6 heteroatoms. The highest BCUT2D eigenvalue weighted by molar-refractivity contribution is 7.53. The average molecular weight is 169 g/mol. The summed E-state index contributed by atoms with van der Waals surface area (Å²) in [6, 6.07) is 0. The molecule has 0 heterocycles. The Morgan fingerprint density at radius 3 is 2.60 bits per heavy atom. The van der Waals surface area contributed by atoms with Crippen molar-refractivity contribution in [3.63, 3.8) is 0 Å². The molecule has 0 radical (unpaired) electrons. The van der Waals surface area contributed by atoms with Crippen LogP contribution in [0.25, 0.3) is 0 Å². The van der Waals surface area contributed by atoms with Gasteiger partial charge in [0.2, 0.25) is 0 Å². The van der Waals surface area contributed by atoms with E-state index in [1.807, 2.05) is 0 Å². The summed E-state index contributed by atoms with van der Waals surface area (Å²) in [6.07, 6.45) is 0.0710. The molecule has 0 aromatic rings. The van der Waals surface area contributed by atoms with Gasteiger partial charge in [0.15, 0.2) is 0 Å². The van der Waals surface area contributed by atoms with Crippen molar-refractivity contribution in [3.8, 4) is 0 Å². The van der Waals surface area contributed by atoms with Crippen LogP contribution in [0.3, 0.4) is 0 Å². The highest BCUT2D eigenvalue weighted by Crippen LogP contribution is 2.44. The van der Waals surface area contributed by atoms with Crippen molar-refractivity contribution in [2.75, 3.05) is 13.7 Å². The first-order valence-corrected chi connectivity index (χ1v) is 4.44. The van der Waals surface area contributed by atoms with Gasteiger partial charge in [-0.15, -0.1) is 0 Å². The monoisotopic (exact) mass is 169 g/mol. The van der Waals surface area contributed by atoms with Crippen molar-refractivity contribution in [1.82, 2.24) is 0 Å². The second-order valence-corrected chi connectivity index (χ2v) is 3.98. The quantitative estimate of drug-likeness (QED) is 0.492. The van der Waals surface area contributed by atoms with E-state index in [9.17, 15) is 4.57 Å². The van der Waals surface area contributed by atoms with Crippen molar-refractivity contribution in [2.45, 2.75) is 12.2 Å². The largest absolute Gasteiger partial charge is 0.396 e. The summed E-state index contributed by atoms with van der Waals surface area (Å²) in [5.41, 5.74) is 5.17. The van der Waals surface area contributed by atoms with E-state index in [0.29, 0.717) is 0 Å². The zero-order chi connectivity index (χ0) is 8.20. The van der Waals surface area contributed by atoms with E-state index in [2.05, 4.69) is 4.52 Å². The Morgan fingerprint density at radius 2 is 2.30 bits per heavy atom. The van der Waals surface area contributed by atoms with E-state index < -0.39 is 13.4 Å². The average Bonchev–Trinajstić information content (AvgIpc) is 1.89. The normalized spacial score (nSPS) is 20.0. The van der Waals surface area contributed by atoms with Gasteiger partial charge in [-0.2, -0.15) is 0 Å². The van der Waals surface area contributed by atoms with Crippen LogP contribution in [0.15, 0.2) is 0 Å². The van der Waals surface area contributed by atoms with Crippen molar-refractivity contribution >= 4 is 7.60 Å². The van der Waals surface area contributed by atoms with Gasteiger partial charge >= 0.3 is 7.60 Å². The van der Waals surface area contributed by atoms with Crippen LogP contribution in [0.4, 0.5) is 0 Å². The lowest BCUT2D eigenvalue weighted by atomic mass is 10.5. The van der Waals surface area contributed by atoms with Gasteiger partial charge in [-0.3, -0.25) is 4.57 Å². The summed E-state index contributed by atoms with van der Waals surface area (Å²) in [7, 11) is -2.55. The molecule has 0 aromatic carbocycles. The number of aliphatic hydroxyl groups is 1. The summed E-state index contributed by atoms with van der Waals surface area (Å²) < 4.78 is 15.0. The summed E-state index contributed by atoms with van der Waals surface area (Å²) >= 11 is 0. The Morgan fingerprint density at radius 1 is 1.80 bits per heavy atom. The first kappa shape index (κ1) is 10.1. The smallest absolute Gasteiger partial charge is 0.344 e. The third kappa shape index (κ3) is 2.77. The minimum atomic E-state index is -3.66. The lowest BCUT2D eigenvalue weighted by Gasteiger charge is -2.14. The second-order valence-electron chi connectivity index (χ2n) is 1.83. The number of hydrogen-bond donors (Lipinski definition) is 3. The van der Waals surface area contributed by atoms with Crippen LogP contribution in [0.1, 0.15) is 6.42 Å². The fraction of sp³-hybridized carbons (Fsp3) is 1.00. The van der Waals surface area contributed by atoms with Crippen molar-refractivity contribution in [1.29, 1.82) is 0 Å². The van der Waals surface area contributed by atoms with E-state index >= 15 is 0 Å². The molecule has 0 saturated heterocycles. The van der Waals surface area contributed by atoms with Crippen LogP contribution in [-0.4, -0.2) is 29.5 Å². The number of hydrogen-bond acceptors (Lipinski definition) is 4. The molecule has 0 amide bonds. The summed E-state index contributed by atoms with van der Waals surface area (Å²) in [4.78, 5) is 8.82. The molecule has 0 spiro atoms. The molecule has 62 valence electrons. The fourth-order valence-corrected chi connectivity index (χ4v) is 1.14. The predicted molar refractivity (Wildman–Crippen MR) is 36.5 cm³/mol. The number of aliphatic hydroxyl groups excluding tert-OH is 1. The standard InChI is InChI=1S/C4H12NO4P/c1-9-10(7,8)4(5)2-3-6/h4,6H,2-3,5H2,1H3,(H,7,8). The summed E-state index contributed by atoms with van der Waals surface area (Å²) in [5.74, 6) is -0.984. The maximum atomic E-state index is 10.8. The molecule has 4 N–H and O–H groups in total. The molecule has 0 fully saturated rings. The molecular weight excluding hydrogens is 157 g/mol. The molecular formula is C4H12NO4P. The molecule has 2 unspecified atom stereocenters. The molecule has 0 saturated carbocycles. The van der Waals surface area contributed by atoms with E-state index in [-0.39, 0.29) is 13.0 Å². The van der Waals surface area contributed by atoms with Crippen LogP contribution in [-0.2, 0) is 9.09 Å². The SMILES string of the molecule is COP(=O)(O)C(N)CCO. The second kappa shape index (κ2) is 4.05. The highest BCUT2D eigenvalue weighted by atomic mass is 31.2. The number of rotatable bonds is 4. The van der Waals surface area contributed by atoms with Crippen LogP contribution >= 0.6 is 7.60 Å². The molecule has 0 aliphatic rings. The summed E-state index contributed by atoms with van der Waals surface area (Å²) in [6.45, 7) is -0.213. The van der Waals surface area contributed by atoms with Crippen molar-refractivity contribution in [3.05, 3.63) is 0 Å². The van der Waals surface area contributed by atoms with E-state index in [0.717, 1.165) is 7.11 Å². The minimum Gasteiger partial charge on any atom is -0.396 e. The van der Waals surface area contributed by atoms with E-state index in [1.54, 1.807) is 0 Å². The molecule has 0 aliphatic heterocycles. The topological polar surface area (TPSA) is 92.8 Å². The zero-order valence-corrected chi connectivity index (χ0v) is 6.62. The maximum absolute atomic E-state index is 10.8. The third-order valence-corrected chi connectivity index (χ3v) is 2.73. The molecule has 0 aliphatic carbocycles. The lowest BCUT2D eigenvalue weighted by molar-refractivity contribution is 0.263. The first-order valence-electron chi connectivity index (χ1n) is 2.79. The van der Waals surface area contributed by atoms with Gasteiger partial charge in [0.05, 0.1) is 0 Å². The van der Waals surface area contributed by atoms with Gasteiger partial charge in [0, 0.05) is 13.7 Å². The molecule has 0 aromatic heterocycles. The van der Waals surface area contributed by atoms with E-state index in [4.69, 9.17) is 15.7 Å². The first-order chi connectivity index (χ1) is 4.54. The maximum Gasteiger partial charge on any atom is 0.344 e. The highest BCUT2D eigenvalue weighted by Gasteiger charge is 2.26. The van der Waals surface area contributed by atoms with Crippen LogP contribution < -0.4 is 5.73 Å². The number of nitrogens with two attached hydrogens (primary N) is 1. The van der Waals surface area contributed by atoms with Gasteiger partial charge in [-0.25, -0.2) is 0 Å². The van der Waals surface area contributed by atoms with Crippen molar-refractivity contribution < 1.29 is 19.1 Å². The molecule has 2 atom stereocenters. The van der Waals surface area contributed by atoms with Gasteiger partial charge in [-0.1, -0.05) is 0 Å². The Balaban J connectivity index is 3.91. The molecule has 5 nitrogen and oxygen atoms in total. The van der Waals surface area contributed by atoms with Gasteiger partial charge in [-0.05, 0) is 6.42 Å². The van der Waals surface area contributed by atoms with Crippen molar-refractivity contribution in [2.24, 2.45) is 5.73 Å². The molecule has 0 bridgehead atoms. The van der Waals surface area contributed by atoms with Gasteiger partial charge in [0.25, 0.3) is 0 Å². The van der Waals surface area contributed by atoms with Gasteiger partial charge < -0.3 is 20.3 Å². The Bertz CT molecular complexity index is 139. The zero-order valence-electron chi connectivity index (χ0n) is 5.73. The van der Waals surface area contributed by atoms with Crippen LogP contribution in [0, 0.1) is 0 Å². The Kier molecular flexibility index (Phi) is 4.08. The van der Waals surface area contributed by atoms with E-state index in [1.165, 1.54) is 0 Å². The summed E-state index contributed by atoms with van der Waals surface area (Å²) in [5, 5.41) is 8.33. The molecule has 0 rings (SSSR count). The third-order valence-electron chi connectivity index (χ3n) is 1.11. The minimum absolute atomic E-state index is 0.0710.